The van der Waals surface area contributed by atoms with Crippen LogP contribution in [0, 0.1) is 0 Å². The zero-order chi connectivity index (χ0) is 18.4. The SMILES string of the molecule is COc1cccc([C@@H]2Oc3ccc(Cl)cc3[C@@H]3CC(c4cccs4)=NN32)c1. The Morgan fingerprint density at radius 3 is 2.93 bits per heavy atom. The molecule has 2 aromatic carbocycles. The summed E-state index contributed by atoms with van der Waals surface area (Å²) in [5, 5.41) is 9.79. The van der Waals surface area contributed by atoms with Crippen LogP contribution in [0.25, 0.3) is 0 Å². The number of hydrogen-bond acceptors (Lipinski definition) is 5. The molecule has 0 unspecified atom stereocenters. The molecule has 0 spiro atoms. The standard InChI is InChI=1S/C21H17ClN2O2S/c1-25-15-5-2-4-13(10-15)21-24-18(12-17(23-24)20-6-3-9-27-20)16-11-14(22)7-8-19(16)26-21/h2-11,18,21H,12H2,1H3/t18-,21-/m0/s1. The van der Waals surface area contributed by atoms with Gasteiger partial charge >= 0.3 is 0 Å². The Kier molecular flexibility index (Phi) is 4.06. The van der Waals surface area contributed by atoms with Crippen LogP contribution in [0.2, 0.25) is 5.02 Å². The van der Waals surface area contributed by atoms with E-state index in [4.69, 9.17) is 26.2 Å². The van der Waals surface area contributed by atoms with Gasteiger partial charge in [-0.3, -0.25) is 0 Å². The van der Waals surface area contributed by atoms with Crippen molar-refractivity contribution in [2.45, 2.75) is 18.7 Å². The Morgan fingerprint density at radius 2 is 2.11 bits per heavy atom. The van der Waals surface area contributed by atoms with Gasteiger partial charge in [0.25, 0.3) is 0 Å². The molecule has 2 aliphatic rings. The monoisotopic (exact) mass is 396 g/mol. The van der Waals surface area contributed by atoms with E-state index >= 15 is 0 Å². The summed E-state index contributed by atoms with van der Waals surface area (Å²) in [6.07, 6.45) is 0.522. The van der Waals surface area contributed by atoms with E-state index in [0.29, 0.717) is 5.02 Å². The van der Waals surface area contributed by atoms with Crippen molar-refractivity contribution in [1.29, 1.82) is 0 Å². The first kappa shape index (κ1) is 16.7. The lowest BCUT2D eigenvalue weighted by molar-refractivity contribution is -0.0191. The van der Waals surface area contributed by atoms with Crippen molar-refractivity contribution in [3.05, 3.63) is 81.0 Å². The molecule has 2 aliphatic heterocycles. The van der Waals surface area contributed by atoms with Crippen molar-refractivity contribution in [2.75, 3.05) is 7.11 Å². The minimum atomic E-state index is -0.309. The summed E-state index contributed by atoms with van der Waals surface area (Å²) < 4.78 is 11.8. The first-order valence-corrected chi connectivity index (χ1v) is 9.98. The van der Waals surface area contributed by atoms with Crippen LogP contribution >= 0.6 is 22.9 Å². The Balaban J connectivity index is 1.61. The van der Waals surface area contributed by atoms with Crippen LogP contribution in [0.15, 0.2) is 65.1 Å². The van der Waals surface area contributed by atoms with E-state index in [2.05, 4.69) is 22.5 Å². The molecule has 0 bridgehead atoms. The lowest BCUT2D eigenvalue weighted by atomic mass is 9.97. The van der Waals surface area contributed by atoms with Gasteiger partial charge in [-0.05, 0) is 41.8 Å². The van der Waals surface area contributed by atoms with E-state index < -0.39 is 0 Å². The van der Waals surface area contributed by atoms with Crippen LogP contribution < -0.4 is 9.47 Å². The van der Waals surface area contributed by atoms with E-state index in [1.54, 1.807) is 18.4 Å². The van der Waals surface area contributed by atoms with Gasteiger partial charge in [-0.15, -0.1) is 11.3 Å². The largest absolute Gasteiger partial charge is 0.497 e. The van der Waals surface area contributed by atoms with Gasteiger partial charge in [0, 0.05) is 22.6 Å². The maximum absolute atomic E-state index is 6.36. The normalized spacial score (nSPS) is 20.5. The van der Waals surface area contributed by atoms with Gasteiger partial charge in [0.15, 0.2) is 0 Å². The molecule has 5 rings (SSSR count). The number of hydrazone groups is 1. The van der Waals surface area contributed by atoms with Crippen molar-refractivity contribution < 1.29 is 9.47 Å². The number of methoxy groups -OCH3 is 1. The molecule has 4 nitrogen and oxygen atoms in total. The summed E-state index contributed by atoms with van der Waals surface area (Å²) in [6, 6.07) is 18.0. The molecule has 1 aromatic heterocycles. The third-order valence-electron chi connectivity index (χ3n) is 4.94. The zero-order valence-electron chi connectivity index (χ0n) is 14.6. The highest BCUT2D eigenvalue weighted by atomic mass is 35.5. The maximum atomic E-state index is 6.36. The average molecular weight is 397 g/mol. The van der Waals surface area contributed by atoms with Gasteiger partial charge in [0.2, 0.25) is 6.23 Å². The molecule has 0 radical (unpaired) electrons. The Bertz CT molecular complexity index is 1020. The number of nitrogens with zero attached hydrogens (tertiary/aromatic N) is 2. The van der Waals surface area contributed by atoms with E-state index in [-0.39, 0.29) is 12.3 Å². The van der Waals surface area contributed by atoms with Crippen LogP contribution in [0.5, 0.6) is 11.5 Å². The summed E-state index contributed by atoms with van der Waals surface area (Å²) in [7, 11) is 1.67. The molecule has 6 heteroatoms. The predicted molar refractivity (Wildman–Crippen MR) is 108 cm³/mol. The van der Waals surface area contributed by atoms with Gasteiger partial charge in [-0.1, -0.05) is 29.8 Å². The smallest absolute Gasteiger partial charge is 0.214 e. The highest BCUT2D eigenvalue weighted by molar-refractivity contribution is 7.12. The quantitative estimate of drug-likeness (QED) is 0.573. The third kappa shape index (κ3) is 2.87. The van der Waals surface area contributed by atoms with E-state index in [0.717, 1.165) is 34.8 Å². The van der Waals surface area contributed by atoms with Gasteiger partial charge < -0.3 is 9.47 Å². The molecular formula is C21H17ClN2O2S. The lowest BCUT2D eigenvalue weighted by Gasteiger charge is -2.38. The third-order valence-corrected chi connectivity index (χ3v) is 6.09. The maximum Gasteiger partial charge on any atom is 0.214 e. The zero-order valence-corrected chi connectivity index (χ0v) is 16.2. The number of halogens is 1. The van der Waals surface area contributed by atoms with Crippen LogP contribution in [0.1, 0.15) is 34.7 Å². The second kappa shape index (κ2) is 6.59. The van der Waals surface area contributed by atoms with Crippen LogP contribution in [0.4, 0.5) is 0 Å². The summed E-state index contributed by atoms with van der Waals surface area (Å²) in [5.74, 6) is 1.66. The predicted octanol–water partition coefficient (Wildman–Crippen LogP) is 5.65. The van der Waals surface area contributed by atoms with Crippen molar-refractivity contribution >= 4 is 28.6 Å². The first-order chi connectivity index (χ1) is 13.2. The highest BCUT2D eigenvalue weighted by Gasteiger charge is 2.41. The molecular weight excluding hydrogens is 380 g/mol. The number of ether oxygens (including phenoxy) is 2. The molecule has 0 fully saturated rings. The summed E-state index contributed by atoms with van der Waals surface area (Å²) in [5.41, 5.74) is 3.17. The first-order valence-electron chi connectivity index (χ1n) is 8.72. The lowest BCUT2D eigenvalue weighted by Crippen LogP contribution is -2.33. The Hall–Kier alpha value is -2.50. The average Bonchev–Trinajstić information content (AvgIpc) is 3.37. The summed E-state index contributed by atoms with van der Waals surface area (Å²) in [4.78, 5) is 1.19. The van der Waals surface area contributed by atoms with Crippen LogP contribution in [0.3, 0.4) is 0 Å². The molecule has 0 N–H and O–H groups in total. The van der Waals surface area contributed by atoms with Crippen LogP contribution in [-0.4, -0.2) is 17.8 Å². The molecule has 3 aromatic rings. The fourth-order valence-electron chi connectivity index (χ4n) is 3.66. The molecule has 0 aliphatic carbocycles. The van der Waals surface area contributed by atoms with E-state index in [1.807, 2.05) is 42.5 Å². The molecule has 0 saturated carbocycles. The van der Waals surface area contributed by atoms with Crippen LogP contribution in [-0.2, 0) is 0 Å². The van der Waals surface area contributed by atoms with Gasteiger partial charge in [0.05, 0.1) is 23.7 Å². The van der Waals surface area contributed by atoms with Crippen molar-refractivity contribution in [3.8, 4) is 11.5 Å². The minimum absolute atomic E-state index is 0.0979. The molecule has 27 heavy (non-hydrogen) atoms. The number of benzene rings is 2. The Labute approximate surface area is 166 Å². The minimum Gasteiger partial charge on any atom is -0.497 e. The summed E-state index contributed by atoms with van der Waals surface area (Å²) in [6.45, 7) is 0. The van der Waals surface area contributed by atoms with Crippen molar-refractivity contribution in [2.24, 2.45) is 5.10 Å². The van der Waals surface area contributed by atoms with Gasteiger partial charge in [0.1, 0.15) is 11.5 Å². The molecule has 2 atom stereocenters. The summed E-state index contributed by atoms with van der Waals surface area (Å²) >= 11 is 7.98. The second-order valence-electron chi connectivity index (χ2n) is 6.55. The molecule has 0 saturated heterocycles. The van der Waals surface area contributed by atoms with Gasteiger partial charge in [-0.25, -0.2) is 5.01 Å². The number of hydrogen-bond donors (Lipinski definition) is 0. The second-order valence-corrected chi connectivity index (χ2v) is 7.94. The fraction of sp³-hybridized carbons (Fsp3) is 0.190. The number of thiophene rings is 1. The molecule has 0 amide bonds. The molecule has 136 valence electrons. The number of rotatable bonds is 3. The number of fused-ring (bicyclic) bond motifs is 3. The van der Waals surface area contributed by atoms with E-state index in [1.165, 1.54) is 4.88 Å². The molecule has 3 heterocycles. The highest BCUT2D eigenvalue weighted by Crippen LogP contribution is 2.48. The topological polar surface area (TPSA) is 34.1 Å². The Morgan fingerprint density at radius 1 is 1.19 bits per heavy atom. The fourth-order valence-corrected chi connectivity index (χ4v) is 4.57. The van der Waals surface area contributed by atoms with Crippen molar-refractivity contribution in [3.63, 3.8) is 0 Å². The van der Waals surface area contributed by atoms with Crippen molar-refractivity contribution in [1.82, 2.24) is 5.01 Å². The van der Waals surface area contributed by atoms with E-state index in [9.17, 15) is 0 Å². The van der Waals surface area contributed by atoms with Gasteiger partial charge in [-0.2, -0.15) is 5.10 Å².